The third-order valence-corrected chi connectivity index (χ3v) is 2.37. The van der Waals surface area contributed by atoms with E-state index in [0.717, 1.165) is 13.1 Å². The van der Waals surface area contributed by atoms with Crippen LogP contribution < -0.4 is 5.56 Å². The summed E-state index contributed by atoms with van der Waals surface area (Å²) in [6.45, 7) is 1.60. The molecule has 72 valence electrons. The number of rotatable bonds is 3. The molecule has 0 spiro atoms. The molecular formula is C9H13BrN2O. The summed E-state index contributed by atoms with van der Waals surface area (Å²) >= 11 is 3.21. The molecular weight excluding hydrogens is 232 g/mol. The van der Waals surface area contributed by atoms with E-state index in [2.05, 4.69) is 15.9 Å². The Morgan fingerprint density at radius 2 is 2.23 bits per heavy atom. The normalized spacial score (nSPS) is 10.8. The molecule has 0 aliphatic rings. The smallest absolute Gasteiger partial charge is 0.264 e. The molecule has 0 aliphatic heterocycles. The molecule has 0 bridgehead atoms. The van der Waals surface area contributed by atoms with Crippen molar-refractivity contribution >= 4 is 15.9 Å². The third-order valence-electron chi connectivity index (χ3n) is 1.76. The summed E-state index contributed by atoms with van der Waals surface area (Å²) in [4.78, 5) is 13.5. The topological polar surface area (TPSA) is 25.2 Å². The Balaban J connectivity index is 2.78. The van der Waals surface area contributed by atoms with Crippen LogP contribution in [-0.4, -0.2) is 30.1 Å². The summed E-state index contributed by atoms with van der Waals surface area (Å²) in [6.07, 6.45) is 1.80. The zero-order valence-electron chi connectivity index (χ0n) is 7.83. The van der Waals surface area contributed by atoms with Crippen molar-refractivity contribution < 1.29 is 0 Å². The van der Waals surface area contributed by atoms with Gasteiger partial charge >= 0.3 is 0 Å². The summed E-state index contributed by atoms with van der Waals surface area (Å²) in [6, 6.07) is 3.62. The lowest BCUT2D eigenvalue weighted by Gasteiger charge is -2.10. The number of aromatic nitrogens is 1. The van der Waals surface area contributed by atoms with Gasteiger partial charge in [0, 0.05) is 19.3 Å². The highest BCUT2D eigenvalue weighted by molar-refractivity contribution is 9.10. The Morgan fingerprint density at radius 3 is 2.85 bits per heavy atom. The van der Waals surface area contributed by atoms with Crippen LogP contribution in [0.15, 0.2) is 27.6 Å². The molecule has 0 radical (unpaired) electrons. The lowest BCUT2D eigenvalue weighted by atomic mass is 10.4. The first kappa shape index (κ1) is 10.5. The second kappa shape index (κ2) is 4.58. The average Bonchev–Trinajstić information content (AvgIpc) is 2.07. The zero-order valence-corrected chi connectivity index (χ0v) is 9.41. The Hall–Kier alpha value is -0.610. The van der Waals surface area contributed by atoms with Crippen molar-refractivity contribution in [3.8, 4) is 0 Å². The fourth-order valence-corrected chi connectivity index (χ4v) is 1.37. The highest BCUT2D eigenvalue weighted by Gasteiger charge is 1.99. The number of hydrogen-bond acceptors (Lipinski definition) is 2. The van der Waals surface area contributed by atoms with Crippen LogP contribution >= 0.6 is 15.9 Å². The Kier molecular flexibility index (Phi) is 3.69. The molecule has 0 saturated heterocycles. The summed E-state index contributed by atoms with van der Waals surface area (Å²) in [5, 5.41) is 0. The highest BCUT2D eigenvalue weighted by Crippen LogP contribution is 2.00. The molecule has 1 heterocycles. The van der Waals surface area contributed by atoms with E-state index in [9.17, 15) is 4.79 Å². The van der Waals surface area contributed by atoms with Crippen LogP contribution in [0.4, 0.5) is 0 Å². The predicted molar refractivity (Wildman–Crippen MR) is 57.0 cm³/mol. The summed E-state index contributed by atoms with van der Waals surface area (Å²) in [5.74, 6) is 0. The molecule has 3 nitrogen and oxygen atoms in total. The maximum Gasteiger partial charge on any atom is 0.264 e. The molecule has 0 N–H and O–H groups in total. The van der Waals surface area contributed by atoms with Gasteiger partial charge in [0.05, 0.1) is 4.47 Å². The van der Waals surface area contributed by atoms with Gasteiger partial charge in [-0.3, -0.25) is 4.79 Å². The van der Waals surface area contributed by atoms with Crippen molar-refractivity contribution in [3.63, 3.8) is 0 Å². The number of likely N-dealkylation sites (N-methyl/N-ethyl adjacent to an activating group) is 1. The standard InChI is InChI=1S/C9H13BrN2O/c1-11(2)6-7-12-5-3-4-8(10)9(12)13/h3-5H,6-7H2,1-2H3. The second-order valence-corrected chi connectivity index (χ2v) is 4.01. The predicted octanol–water partition coefficient (Wildman–Crippen LogP) is 1.17. The molecule has 0 fully saturated rings. The lowest BCUT2D eigenvalue weighted by Crippen LogP contribution is -2.26. The Bertz CT molecular complexity index is 333. The van der Waals surface area contributed by atoms with Crippen molar-refractivity contribution in [2.45, 2.75) is 6.54 Å². The quantitative estimate of drug-likeness (QED) is 0.798. The van der Waals surface area contributed by atoms with Gasteiger partial charge in [0.15, 0.2) is 0 Å². The minimum Gasteiger partial charge on any atom is -0.313 e. The molecule has 1 aromatic rings. The van der Waals surface area contributed by atoms with Gasteiger partial charge in [0.25, 0.3) is 5.56 Å². The molecule has 4 heteroatoms. The van der Waals surface area contributed by atoms with Crippen LogP contribution in [0, 0.1) is 0 Å². The number of halogens is 1. The first-order valence-electron chi connectivity index (χ1n) is 4.11. The number of hydrogen-bond donors (Lipinski definition) is 0. The fourth-order valence-electron chi connectivity index (χ4n) is 0.991. The van der Waals surface area contributed by atoms with Crippen LogP contribution in [0.25, 0.3) is 0 Å². The van der Waals surface area contributed by atoms with Crippen molar-refractivity contribution in [1.29, 1.82) is 0 Å². The van der Waals surface area contributed by atoms with Crippen molar-refractivity contribution in [2.75, 3.05) is 20.6 Å². The molecule has 1 rings (SSSR count). The molecule has 1 aromatic heterocycles. The van der Waals surface area contributed by atoms with Gasteiger partial charge < -0.3 is 9.47 Å². The molecule has 0 amide bonds. The van der Waals surface area contributed by atoms with Crippen LogP contribution in [0.5, 0.6) is 0 Å². The minimum atomic E-state index is 0.0318. The zero-order chi connectivity index (χ0) is 9.84. The fraction of sp³-hybridized carbons (Fsp3) is 0.444. The van der Waals surface area contributed by atoms with Crippen LogP contribution in [-0.2, 0) is 6.54 Å². The van der Waals surface area contributed by atoms with Gasteiger partial charge in [0.1, 0.15) is 0 Å². The molecule has 0 atom stereocenters. The first-order chi connectivity index (χ1) is 6.11. The lowest BCUT2D eigenvalue weighted by molar-refractivity contribution is 0.380. The maximum absolute atomic E-state index is 11.5. The van der Waals surface area contributed by atoms with E-state index in [1.165, 1.54) is 0 Å². The summed E-state index contributed by atoms with van der Waals surface area (Å²) in [7, 11) is 3.98. The number of pyridine rings is 1. The SMILES string of the molecule is CN(C)CCn1cccc(Br)c1=O. The largest absolute Gasteiger partial charge is 0.313 e. The van der Waals surface area contributed by atoms with Gasteiger partial charge in [-0.1, -0.05) is 0 Å². The van der Waals surface area contributed by atoms with Gasteiger partial charge in [-0.25, -0.2) is 0 Å². The van der Waals surface area contributed by atoms with E-state index in [0.29, 0.717) is 4.47 Å². The van der Waals surface area contributed by atoms with Gasteiger partial charge in [-0.2, -0.15) is 0 Å². The molecule has 13 heavy (non-hydrogen) atoms. The Morgan fingerprint density at radius 1 is 1.54 bits per heavy atom. The summed E-state index contributed by atoms with van der Waals surface area (Å²) in [5.41, 5.74) is 0.0318. The minimum absolute atomic E-state index is 0.0318. The summed E-state index contributed by atoms with van der Waals surface area (Å²) < 4.78 is 2.32. The van der Waals surface area contributed by atoms with Crippen molar-refractivity contribution in [1.82, 2.24) is 9.47 Å². The monoisotopic (exact) mass is 244 g/mol. The third kappa shape index (κ3) is 2.97. The van der Waals surface area contributed by atoms with Crippen LogP contribution in [0.2, 0.25) is 0 Å². The molecule has 0 aromatic carbocycles. The number of nitrogens with zero attached hydrogens (tertiary/aromatic N) is 2. The van der Waals surface area contributed by atoms with Gasteiger partial charge in [0.2, 0.25) is 0 Å². The maximum atomic E-state index is 11.5. The molecule has 0 saturated carbocycles. The first-order valence-corrected chi connectivity index (χ1v) is 4.90. The van der Waals surface area contributed by atoms with Crippen molar-refractivity contribution in [2.24, 2.45) is 0 Å². The van der Waals surface area contributed by atoms with E-state index >= 15 is 0 Å². The van der Waals surface area contributed by atoms with E-state index in [-0.39, 0.29) is 5.56 Å². The second-order valence-electron chi connectivity index (χ2n) is 3.16. The molecule has 0 aliphatic carbocycles. The van der Waals surface area contributed by atoms with E-state index in [1.807, 2.05) is 25.1 Å². The van der Waals surface area contributed by atoms with Crippen LogP contribution in [0.3, 0.4) is 0 Å². The van der Waals surface area contributed by atoms with E-state index in [4.69, 9.17) is 0 Å². The van der Waals surface area contributed by atoms with E-state index in [1.54, 1.807) is 16.8 Å². The average molecular weight is 245 g/mol. The van der Waals surface area contributed by atoms with Gasteiger partial charge in [-0.15, -0.1) is 0 Å². The van der Waals surface area contributed by atoms with Crippen molar-refractivity contribution in [3.05, 3.63) is 33.2 Å². The highest BCUT2D eigenvalue weighted by atomic mass is 79.9. The Labute approximate surface area is 86.1 Å². The molecule has 0 unspecified atom stereocenters. The van der Waals surface area contributed by atoms with E-state index < -0.39 is 0 Å². The van der Waals surface area contributed by atoms with Gasteiger partial charge in [-0.05, 0) is 42.2 Å². The van der Waals surface area contributed by atoms with Crippen LogP contribution in [0.1, 0.15) is 0 Å².